The third-order valence-corrected chi connectivity index (χ3v) is 3.42. The molecule has 0 radical (unpaired) electrons. The van der Waals surface area contributed by atoms with Crippen molar-refractivity contribution in [3.63, 3.8) is 0 Å². The van der Waals surface area contributed by atoms with Crippen molar-refractivity contribution in [1.29, 1.82) is 0 Å². The van der Waals surface area contributed by atoms with Gasteiger partial charge in [-0.05, 0) is 33.6 Å². The molecule has 1 aromatic heterocycles. The number of aryl methyl sites for hydroxylation is 1. The van der Waals surface area contributed by atoms with E-state index in [9.17, 15) is 0 Å². The molecule has 22 heavy (non-hydrogen) atoms. The van der Waals surface area contributed by atoms with E-state index in [0.717, 1.165) is 32.0 Å². The van der Waals surface area contributed by atoms with Gasteiger partial charge < -0.3 is 19.9 Å². The van der Waals surface area contributed by atoms with E-state index >= 15 is 0 Å². The van der Waals surface area contributed by atoms with Crippen LogP contribution >= 0.6 is 24.0 Å². The summed E-state index contributed by atoms with van der Waals surface area (Å²) in [5.41, 5.74) is -0.119. The van der Waals surface area contributed by atoms with Crippen molar-refractivity contribution in [2.75, 3.05) is 26.2 Å². The molecule has 126 valence electrons. The maximum absolute atomic E-state index is 5.75. The van der Waals surface area contributed by atoms with E-state index in [0.29, 0.717) is 31.2 Å². The Balaban J connectivity index is 0.00000242. The molecule has 1 fully saturated rings. The molecular weight excluding hydrogens is 397 g/mol. The van der Waals surface area contributed by atoms with Crippen molar-refractivity contribution in [3.8, 4) is 0 Å². The molecule has 2 heterocycles. The number of nitrogens with one attached hydrogen (secondary N) is 2. The van der Waals surface area contributed by atoms with E-state index in [1.165, 1.54) is 0 Å². The van der Waals surface area contributed by atoms with Crippen LogP contribution in [0.25, 0.3) is 0 Å². The first-order valence-corrected chi connectivity index (χ1v) is 7.57. The highest BCUT2D eigenvalue weighted by molar-refractivity contribution is 14.0. The average molecular weight is 423 g/mol. The highest BCUT2D eigenvalue weighted by Gasteiger charge is 2.29. The maximum Gasteiger partial charge on any atom is 0.228 e. The number of aromatic nitrogens is 2. The SMILES string of the molecule is CCNC(=NCC1(C)CCCO1)NCCc1nc(C)no1.I. The number of ether oxygens (including phenoxy) is 1. The van der Waals surface area contributed by atoms with E-state index in [-0.39, 0.29) is 29.6 Å². The molecule has 2 N–H and O–H groups in total. The zero-order valence-electron chi connectivity index (χ0n) is 13.5. The average Bonchev–Trinajstić information content (AvgIpc) is 3.06. The first-order valence-electron chi connectivity index (χ1n) is 7.57. The number of halogens is 1. The van der Waals surface area contributed by atoms with Gasteiger partial charge in [0.1, 0.15) is 0 Å². The van der Waals surface area contributed by atoms with Crippen LogP contribution in [0.3, 0.4) is 0 Å². The molecule has 1 aliphatic rings. The van der Waals surface area contributed by atoms with E-state index in [1.54, 1.807) is 0 Å². The van der Waals surface area contributed by atoms with Gasteiger partial charge in [0.25, 0.3) is 0 Å². The van der Waals surface area contributed by atoms with Crippen LogP contribution < -0.4 is 10.6 Å². The summed E-state index contributed by atoms with van der Waals surface area (Å²) in [5, 5.41) is 10.3. The molecule has 0 spiro atoms. The second-order valence-electron chi connectivity index (χ2n) is 5.51. The Bertz CT molecular complexity index is 472. The van der Waals surface area contributed by atoms with Gasteiger partial charge in [0.2, 0.25) is 5.89 Å². The first kappa shape index (κ1) is 19.1. The summed E-state index contributed by atoms with van der Waals surface area (Å²) in [5.74, 6) is 2.10. The highest BCUT2D eigenvalue weighted by atomic mass is 127. The predicted octanol–water partition coefficient (Wildman–Crippen LogP) is 1.66. The predicted molar refractivity (Wildman–Crippen MR) is 95.7 cm³/mol. The van der Waals surface area contributed by atoms with Crippen LogP contribution in [0.5, 0.6) is 0 Å². The first-order chi connectivity index (χ1) is 10.1. The van der Waals surface area contributed by atoms with Gasteiger partial charge in [-0.3, -0.25) is 4.99 Å². The lowest BCUT2D eigenvalue weighted by molar-refractivity contribution is 0.0283. The fraction of sp³-hybridized carbons (Fsp3) is 0.786. The van der Waals surface area contributed by atoms with Gasteiger partial charge in [-0.25, -0.2) is 0 Å². The van der Waals surface area contributed by atoms with Crippen LogP contribution in [-0.2, 0) is 11.2 Å². The van der Waals surface area contributed by atoms with Gasteiger partial charge >= 0.3 is 0 Å². The van der Waals surface area contributed by atoms with Crippen LogP contribution in [0.4, 0.5) is 0 Å². The molecule has 1 atom stereocenters. The van der Waals surface area contributed by atoms with Crippen molar-refractivity contribution in [3.05, 3.63) is 11.7 Å². The fourth-order valence-electron chi connectivity index (χ4n) is 2.28. The van der Waals surface area contributed by atoms with Crippen molar-refractivity contribution in [1.82, 2.24) is 20.8 Å². The number of rotatable bonds is 6. The summed E-state index contributed by atoms with van der Waals surface area (Å²) in [7, 11) is 0. The van der Waals surface area contributed by atoms with Gasteiger partial charge in [0, 0.05) is 26.1 Å². The quantitative estimate of drug-likeness (QED) is 0.412. The highest BCUT2D eigenvalue weighted by Crippen LogP contribution is 2.24. The molecule has 1 aliphatic heterocycles. The molecule has 0 amide bonds. The normalized spacial score (nSPS) is 21.5. The third-order valence-electron chi connectivity index (χ3n) is 3.42. The molecule has 2 rings (SSSR count). The Labute approximate surface area is 148 Å². The Morgan fingerprint density at radius 2 is 2.23 bits per heavy atom. The number of hydrogen-bond acceptors (Lipinski definition) is 5. The molecule has 1 aromatic rings. The van der Waals surface area contributed by atoms with E-state index in [4.69, 9.17) is 9.26 Å². The molecule has 7 nitrogen and oxygen atoms in total. The smallest absolute Gasteiger partial charge is 0.228 e. The number of guanidine groups is 1. The van der Waals surface area contributed by atoms with Gasteiger partial charge in [-0.1, -0.05) is 5.16 Å². The van der Waals surface area contributed by atoms with Crippen LogP contribution in [-0.4, -0.2) is 47.9 Å². The lowest BCUT2D eigenvalue weighted by Crippen LogP contribution is -2.40. The van der Waals surface area contributed by atoms with Gasteiger partial charge in [0.15, 0.2) is 11.8 Å². The molecule has 8 heteroatoms. The van der Waals surface area contributed by atoms with Crippen molar-refractivity contribution in [2.24, 2.45) is 4.99 Å². The summed E-state index contributed by atoms with van der Waals surface area (Å²) in [6.45, 7) is 9.01. The lowest BCUT2D eigenvalue weighted by Gasteiger charge is -2.21. The molecule has 0 aliphatic carbocycles. The largest absolute Gasteiger partial charge is 0.373 e. The number of nitrogens with zero attached hydrogens (tertiary/aromatic N) is 3. The summed E-state index contributed by atoms with van der Waals surface area (Å²) in [6, 6.07) is 0. The maximum atomic E-state index is 5.75. The van der Waals surface area contributed by atoms with Crippen LogP contribution in [0.15, 0.2) is 9.52 Å². The summed E-state index contributed by atoms with van der Waals surface area (Å²) in [4.78, 5) is 8.78. The van der Waals surface area contributed by atoms with Crippen molar-refractivity contribution >= 4 is 29.9 Å². The molecule has 0 bridgehead atoms. The van der Waals surface area contributed by atoms with Gasteiger partial charge in [-0.2, -0.15) is 4.98 Å². The molecule has 0 aromatic carbocycles. The zero-order valence-corrected chi connectivity index (χ0v) is 15.8. The van der Waals surface area contributed by atoms with Crippen LogP contribution in [0.1, 0.15) is 38.4 Å². The minimum Gasteiger partial charge on any atom is -0.373 e. The minimum atomic E-state index is -0.119. The molecule has 1 unspecified atom stereocenters. The number of hydrogen-bond donors (Lipinski definition) is 2. The fourth-order valence-corrected chi connectivity index (χ4v) is 2.28. The Kier molecular flexibility index (Phi) is 8.08. The van der Waals surface area contributed by atoms with Gasteiger partial charge in [-0.15, -0.1) is 24.0 Å². The third kappa shape index (κ3) is 6.07. The summed E-state index contributed by atoms with van der Waals surface area (Å²) < 4.78 is 10.8. The standard InChI is InChI=1S/C14H25N5O2.HI/c1-4-15-13(17-10-14(3)7-5-9-20-14)16-8-6-12-18-11(2)19-21-12;/h4-10H2,1-3H3,(H2,15,16,17);1H. The number of aliphatic imine (C=N–C) groups is 1. The van der Waals surface area contributed by atoms with Gasteiger partial charge in [0.05, 0.1) is 12.1 Å². The Morgan fingerprint density at radius 1 is 1.41 bits per heavy atom. The zero-order chi connectivity index (χ0) is 15.1. The molecule has 1 saturated heterocycles. The Morgan fingerprint density at radius 3 is 2.82 bits per heavy atom. The van der Waals surface area contributed by atoms with E-state index in [1.807, 2.05) is 13.8 Å². The van der Waals surface area contributed by atoms with Crippen LogP contribution in [0, 0.1) is 6.92 Å². The van der Waals surface area contributed by atoms with E-state index in [2.05, 4.69) is 32.7 Å². The molecule has 0 saturated carbocycles. The summed E-state index contributed by atoms with van der Waals surface area (Å²) >= 11 is 0. The Hall–Kier alpha value is -0.900. The van der Waals surface area contributed by atoms with Crippen LogP contribution in [0.2, 0.25) is 0 Å². The van der Waals surface area contributed by atoms with Crippen molar-refractivity contribution < 1.29 is 9.26 Å². The second kappa shape index (κ2) is 9.29. The lowest BCUT2D eigenvalue weighted by atomic mass is 10.0. The second-order valence-corrected chi connectivity index (χ2v) is 5.51. The van der Waals surface area contributed by atoms with E-state index < -0.39 is 0 Å². The molecular formula is C14H26IN5O2. The topological polar surface area (TPSA) is 84.6 Å². The monoisotopic (exact) mass is 423 g/mol. The summed E-state index contributed by atoms with van der Waals surface area (Å²) in [6.07, 6.45) is 2.86. The minimum absolute atomic E-state index is 0. The van der Waals surface area contributed by atoms with Crippen molar-refractivity contribution in [2.45, 2.75) is 45.6 Å².